The molecule has 0 aliphatic carbocycles. The molecule has 0 spiro atoms. The van der Waals surface area contributed by atoms with E-state index in [9.17, 15) is 9.59 Å². The van der Waals surface area contributed by atoms with Crippen molar-refractivity contribution in [3.8, 4) is 5.75 Å². The monoisotopic (exact) mass is 378 g/mol. The average Bonchev–Trinajstić information content (AvgIpc) is 2.57. The molecular weight excluding hydrogens is 360 g/mol. The summed E-state index contributed by atoms with van der Waals surface area (Å²) in [5.74, 6) is 0.570. The lowest BCUT2D eigenvalue weighted by Gasteiger charge is -2.08. The van der Waals surface area contributed by atoms with E-state index in [1.165, 1.54) is 18.9 Å². The Bertz CT molecular complexity index is 750. The minimum atomic E-state index is -0.200. The first-order valence-electron chi connectivity index (χ1n) is 7.55. The fraction of sp³-hybridized carbons (Fsp3) is 0.222. The SMILES string of the molecule is COc1ccc(NC(=O)CSCC(=O)Nc2ccc(C)cc2)cc1Cl. The van der Waals surface area contributed by atoms with Crippen LogP contribution >= 0.6 is 23.4 Å². The van der Waals surface area contributed by atoms with Crippen LogP contribution in [0.2, 0.25) is 5.02 Å². The first kappa shape index (κ1) is 19.1. The number of halogens is 1. The molecule has 0 aliphatic rings. The Morgan fingerprint density at radius 1 is 1.00 bits per heavy atom. The van der Waals surface area contributed by atoms with E-state index in [1.807, 2.05) is 31.2 Å². The molecule has 0 atom stereocenters. The number of rotatable bonds is 7. The maximum absolute atomic E-state index is 11.9. The van der Waals surface area contributed by atoms with Gasteiger partial charge in [-0.2, -0.15) is 0 Å². The third-order valence-corrected chi connectivity index (χ3v) is 4.47. The van der Waals surface area contributed by atoms with Crippen LogP contribution in [0, 0.1) is 6.92 Å². The summed E-state index contributed by atoms with van der Waals surface area (Å²) in [6, 6.07) is 12.5. The van der Waals surface area contributed by atoms with Crippen molar-refractivity contribution in [1.29, 1.82) is 0 Å². The summed E-state index contributed by atoms with van der Waals surface area (Å²) in [5, 5.41) is 5.94. The van der Waals surface area contributed by atoms with Gasteiger partial charge in [0.2, 0.25) is 11.8 Å². The normalized spacial score (nSPS) is 10.2. The molecule has 25 heavy (non-hydrogen) atoms. The molecule has 5 nitrogen and oxygen atoms in total. The Morgan fingerprint density at radius 2 is 1.56 bits per heavy atom. The molecule has 0 heterocycles. The minimum absolute atomic E-state index is 0.144. The molecule has 0 bridgehead atoms. The van der Waals surface area contributed by atoms with Crippen LogP contribution in [0.25, 0.3) is 0 Å². The van der Waals surface area contributed by atoms with Crippen molar-refractivity contribution in [2.24, 2.45) is 0 Å². The lowest BCUT2D eigenvalue weighted by Crippen LogP contribution is -2.18. The molecule has 2 aromatic carbocycles. The first-order valence-corrected chi connectivity index (χ1v) is 9.09. The van der Waals surface area contributed by atoms with Crippen molar-refractivity contribution >= 4 is 46.6 Å². The highest BCUT2D eigenvalue weighted by Crippen LogP contribution is 2.27. The van der Waals surface area contributed by atoms with Crippen molar-refractivity contribution < 1.29 is 14.3 Å². The Hall–Kier alpha value is -2.18. The van der Waals surface area contributed by atoms with E-state index in [-0.39, 0.29) is 23.3 Å². The molecule has 0 radical (unpaired) electrons. The highest BCUT2D eigenvalue weighted by molar-refractivity contribution is 8.00. The van der Waals surface area contributed by atoms with Gasteiger partial charge in [-0.15, -0.1) is 11.8 Å². The van der Waals surface area contributed by atoms with Crippen LogP contribution in [0.4, 0.5) is 11.4 Å². The molecule has 2 N–H and O–H groups in total. The van der Waals surface area contributed by atoms with Gasteiger partial charge in [0, 0.05) is 11.4 Å². The Balaban J connectivity index is 1.73. The van der Waals surface area contributed by atoms with Crippen LogP contribution in [0.5, 0.6) is 5.75 Å². The number of hydrogen-bond acceptors (Lipinski definition) is 4. The van der Waals surface area contributed by atoms with Crippen LogP contribution in [0.15, 0.2) is 42.5 Å². The number of amides is 2. The fourth-order valence-corrected chi connectivity index (χ4v) is 2.89. The molecule has 2 aromatic rings. The highest BCUT2D eigenvalue weighted by atomic mass is 35.5. The lowest BCUT2D eigenvalue weighted by atomic mass is 10.2. The summed E-state index contributed by atoms with van der Waals surface area (Å²) >= 11 is 7.25. The Morgan fingerprint density at radius 3 is 2.12 bits per heavy atom. The summed E-state index contributed by atoms with van der Waals surface area (Å²) in [5.41, 5.74) is 2.46. The number of carbonyl (C=O) groups excluding carboxylic acids is 2. The molecule has 0 aromatic heterocycles. The van der Waals surface area contributed by atoms with Gasteiger partial charge >= 0.3 is 0 Å². The zero-order valence-electron chi connectivity index (χ0n) is 14.0. The van der Waals surface area contributed by atoms with E-state index in [1.54, 1.807) is 18.2 Å². The Kier molecular flexibility index (Phi) is 7.16. The number of methoxy groups -OCH3 is 1. The Labute approximate surface area is 156 Å². The minimum Gasteiger partial charge on any atom is -0.495 e. The van der Waals surface area contributed by atoms with Crippen LogP contribution in [-0.4, -0.2) is 30.4 Å². The average molecular weight is 379 g/mol. The molecule has 2 amide bonds. The van der Waals surface area contributed by atoms with Gasteiger partial charge in [-0.1, -0.05) is 29.3 Å². The van der Waals surface area contributed by atoms with Crippen molar-refractivity contribution in [3.63, 3.8) is 0 Å². The largest absolute Gasteiger partial charge is 0.495 e. The second kappa shape index (κ2) is 9.34. The number of benzene rings is 2. The van der Waals surface area contributed by atoms with E-state index in [2.05, 4.69) is 10.6 Å². The highest BCUT2D eigenvalue weighted by Gasteiger charge is 2.08. The molecule has 2 rings (SSSR count). The van der Waals surface area contributed by atoms with E-state index >= 15 is 0 Å². The van der Waals surface area contributed by atoms with Crippen molar-refractivity contribution in [3.05, 3.63) is 53.1 Å². The molecule has 0 unspecified atom stereocenters. The second-order valence-electron chi connectivity index (χ2n) is 5.30. The van der Waals surface area contributed by atoms with Gasteiger partial charge in [0.25, 0.3) is 0 Å². The van der Waals surface area contributed by atoms with Crippen LogP contribution in [0.3, 0.4) is 0 Å². The summed E-state index contributed by atoms with van der Waals surface area (Å²) < 4.78 is 5.06. The number of carbonyl (C=O) groups is 2. The van der Waals surface area contributed by atoms with Gasteiger partial charge in [-0.05, 0) is 37.3 Å². The van der Waals surface area contributed by atoms with Gasteiger partial charge in [0.05, 0.1) is 23.6 Å². The van der Waals surface area contributed by atoms with Crippen molar-refractivity contribution in [1.82, 2.24) is 0 Å². The van der Waals surface area contributed by atoms with Crippen molar-refractivity contribution in [2.45, 2.75) is 6.92 Å². The standard InChI is InChI=1S/C18H19ClN2O3S/c1-12-3-5-13(6-4-12)20-17(22)10-25-11-18(23)21-14-7-8-16(24-2)15(19)9-14/h3-9H,10-11H2,1-2H3,(H,20,22)(H,21,23). The zero-order chi connectivity index (χ0) is 18.2. The molecule has 0 saturated carbocycles. The number of nitrogens with one attached hydrogen (secondary N) is 2. The predicted octanol–water partition coefficient (Wildman–Crippen LogP) is 3.97. The zero-order valence-corrected chi connectivity index (χ0v) is 15.5. The third-order valence-electron chi connectivity index (χ3n) is 3.24. The molecule has 7 heteroatoms. The molecule has 0 saturated heterocycles. The predicted molar refractivity (Wildman–Crippen MR) is 104 cm³/mol. The van der Waals surface area contributed by atoms with Gasteiger partial charge in [-0.3, -0.25) is 9.59 Å². The lowest BCUT2D eigenvalue weighted by molar-refractivity contribution is -0.114. The summed E-state index contributed by atoms with van der Waals surface area (Å²) in [6.07, 6.45) is 0. The van der Waals surface area contributed by atoms with E-state index in [0.29, 0.717) is 16.5 Å². The fourth-order valence-electron chi connectivity index (χ4n) is 2.01. The molecule has 0 fully saturated rings. The maximum atomic E-state index is 11.9. The van der Waals surface area contributed by atoms with Crippen LogP contribution in [-0.2, 0) is 9.59 Å². The van der Waals surface area contributed by atoms with Crippen LogP contribution < -0.4 is 15.4 Å². The number of ether oxygens (including phenoxy) is 1. The topological polar surface area (TPSA) is 67.4 Å². The maximum Gasteiger partial charge on any atom is 0.234 e. The van der Waals surface area contributed by atoms with Crippen LogP contribution in [0.1, 0.15) is 5.56 Å². The summed E-state index contributed by atoms with van der Waals surface area (Å²) in [4.78, 5) is 23.8. The summed E-state index contributed by atoms with van der Waals surface area (Å²) in [6.45, 7) is 1.98. The smallest absolute Gasteiger partial charge is 0.234 e. The summed E-state index contributed by atoms with van der Waals surface area (Å²) in [7, 11) is 1.53. The molecule has 132 valence electrons. The van der Waals surface area contributed by atoms with Gasteiger partial charge in [0.15, 0.2) is 0 Å². The van der Waals surface area contributed by atoms with Gasteiger partial charge in [0.1, 0.15) is 5.75 Å². The number of aryl methyl sites for hydroxylation is 1. The first-order chi connectivity index (χ1) is 12.0. The van der Waals surface area contributed by atoms with E-state index in [4.69, 9.17) is 16.3 Å². The van der Waals surface area contributed by atoms with Gasteiger partial charge < -0.3 is 15.4 Å². The quantitative estimate of drug-likeness (QED) is 0.765. The van der Waals surface area contributed by atoms with Crippen molar-refractivity contribution in [2.75, 3.05) is 29.2 Å². The second-order valence-corrected chi connectivity index (χ2v) is 6.70. The van der Waals surface area contributed by atoms with E-state index in [0.717, 1.165) is 11.3 Å². The molecular formula is C18H19ClN2O3S. The number of hydrogen-bond donors (Lipinski definition) is 2. The number of thioether (sulfide) groups is 1. The third kappa shape index (κ3) is 6.32. The molecule has 0 aliphatic heterocycles. The van der Waals surface area contributed by atoms with E-state index < -0.39 is 0 Å². The number of anilines is 2. The van der Waals surface area contributed by atoms with Gasteiger partial charge in [-0.25, -0.2) is 0 Å².